The number of para-hydroxylation sites is 1. The smallest absolute Gasteiger partial charge is 0.222 e. The van der Waals surface area contributed by atoms with Crippen molar-refractivity contribution >= 4 is 17.6 Å². The van der Waals surface area contributed by atoms with Gasteiger partial charge in [0.1, 0.15) is 0 Å². The molecule has 1 amide bonds. The first kappa shape index (κ1) is 20.1. The summed E-state index contributed by atoms with van der Waals surface area (Å²) in [6, 6.07) is 11.1. The molecule has 2 atom stereocenters. The van der Waals surface area contributed by atoms with Gasteiger partial charge in [-0.2, -0.15) is 0 Å². The predicted molar refractivity (Wildman–Crippen MR) is 109 cm³/mol. The molecule has 144 valence electrons. The van der Waals surface area contributed by atoms with Crippen molar-refractivity contribution in [2.75, 3.05) is 31.1 Å². The quantitative estimate of drug-likeness (QED) is 0.491. The Morgan fingerprint density at radius 3 is 2.77 bits per heavy atom. The number of hydrogen-bond acceptors (Lipinski definition) is 3. The summed E-state index contributed by atoms with van der Waals surface area (Å²) in [4.78, 5) is 18.8. The van der Waals surface area contributed by atoms with Crippen molar-refractivity contribution in [1.29, 1.82) is 0 Å². The third-order valence-electron chi connectivity index (χ3n) is 4.62. The van der Waals surface area contributed by atoms with Gasteiger partial charge in [-0.05, 0) is 38.8 Å². The number of hydrogen-bond donors (Lipinski definition) is 3. The van der Waals surface area contributed by atoms with Gasteiger partial charge < -0.3 is 20.9 Å². The SMILES string of the molecule is CCNC(=NCCC(=O)NC(C)CC)NC1CCN(c2ccccc2)C1. The Kier molecular flexibility index (Phi) is 8.25. The Morgan fingerprint density at radius 2 is 2.08 bits per heavy atom. The Labute approximate surface area is 157 Å². The lowest BCUT2D eigenvalue weighted by Gasteiger charge is -2.20. The number of nitrogens with one attached hydrogen (secondary N) is 3. The zero-order valence-corrected chi connectivity index (χ0v) is 16.3. The van der Waals surface area contributed by atoms with Crippen LogP contribution in [0.15, 0.2) is 35.3 Å². The van der Waals surface area contributed by atoms with Crippen molar-refractivity contribution in [1.82, 2.24) is 16.0 Å². The molecular formula is C20H33N5O. The molecule has 0 aromatic heterocycles. The highest BCUT2D eigenvalue weighted by Gasteiger charge is 2.23. The summed E-state index contributed by atoms with van der Waals surface area (Å²) >= 11 is 0. The molecule has 6 nitrogen and oxygen atoms in total. The number of carbonyl (C=O) groups excluding carboxylic acids is 1. The third-order valence-corrected chi connectivity index (χ3v) is 4.62. The second-order valence-corrected chi connectivity index (χ2v) is 6.80. The topological polar surface area (TPSA) is 68.8 Å². The Hall–Kier alpha value is -2.24. The van der Waals surface area contributed by atoms with Gasteiger partial charge >= 0.3 is 0 Å². The zero-order valence-electron chi connectivity index (χ0n) is 16.3. The summed E-state index contributed by atoms with van der Waals surface area (Å²) in [5.74, 6) is 0.860. The maximum absolute atomic E-state index is 11.9. The number of amides is 1. The molecule has 0 radical (unpaired) electrons. The lowest BCUT2D eigenvalue weighted by molar-refractivity contribution is -0.121. The highest BCUT2D eigenvalue weighted by molar-refractivity contribution is 5.81. The lowest BCUT2D eigenvalue weighted by Crippen LogP contribution is -2.44. The average molecular weight is 360 g/mol. The highest BCUT2D eigenvalue weighted by atomic mass is 16.1. The molecule has 0 aliphatic carbocycles. The largest absolute Gasteiger partial charge is 0.369 e. The first-order chi connectivity index (χ1) is 12.6. The fraction of sp³-hybridized carbons (Fsp3) is 0.600. The van der Waals surface area contributed by atoms with Gasteiger partial charge in [-0.1, -0.05) is 25.1 Å². The monoisotopic (exact) mass is 359 g/mol. The predicted octanol–water partition coefficient (Wildman–Crippen LogP) is 2.13. The van der Waals surface area contributed by atoms with Crippen molar-refractivity contribution in [3.8, 4) is 0 Å². The Bertz CT molecular complexity index is 575. The fourth-order valence-electron chi connectivity index (χ4n) is 2.98. The van der Waals surface area contributed by atoms with Gasteiger partial charge in [0.25, 0.3) is 0 Å². The standard InChI is InChI=1S/C20H33N5O/c1-4-16(3)23-19(26)11-13-22-20(21-5-2)24-17-12-14-25(15-17)18-9-7-6-8-10-18/h6-10,16-17H,4-5,11-15H2,1-3H3,(H,23,26)(H2,21,22,24). The summed E-state index contributed by atoms with van der Waals surface area (Å²) in [5.41, 5.74) is 1.26. The second kappa shape index (κ2) is 10.7. The van der Waals surface area contributed by atoms with Crippen molar-refractivity contribution < 1.29 is 4.79 Å². The molecule has 1 saturated heterocycles. The molecule has 0 bridgehead atoms. The number of carbonyl (C=O) groups is 1. The van der Waals surface area contributed by atoms with Crippen LogP contribution in [-0.4, -0.2) is 50.1 Å². The summed E-state index contributed by atoms with van der Waals surface area (Å²) in [7, 11) is 0. The van der Waals surface area contributed by atoms with Crippen LogP contribution in [0.3, 0.4) is 0 Å². The van der Waals surface area contributed by atoms with Crippen LogP contribution in [0.25, 0.3) is 0 Å². The summed E-state index contributed by atoms with van der Waals surface area (Å²) < 4.78 is 0. The van der Waals surface area contributed by atoms with Crippen LogP contribution in [0.5, 0.6) is 0 Å². The van der Waals surface area contributed by atoms with Gasteiger partial charge in [0.15, 0.2) is 5.96 Å². The van der Waals surface area contributed by atoms with E-state index < -0.39 is 0 Å². The van der Waals surface area contributed by atoms with E-state index in [1.54, 1.807) is 0 Å². The van der Waals surface area contributed by atoms with Gasteiger partial charge in [0.2, 0.25) is 5.91 Å². The van der Waals surface area contributed by atoms with E-state index in [1.165, 1.54) is 5.69 Å². The molecule has 2 unspecified atom stereocenters. The minimum absolute atomic E-state index is 0.0649. The van der Waals surface area contributed by atoms with Gasteiger partial charge in [-0.25, -0.2) is 0 Å². The van der Waals surface area contributed by atoms with Crippen LogP contribution in [0.2, 0.25) is 0 Å². The van der Waals surface area contributed by atoms with Gasteiger partial charge in [0.05, 0.1) is 6.54 Å². The number of anilines is 1. The molecule has 1 aromatic rings. The lowest BCUT2D eigenvalue weighted by atomic mass is 10.2. The van der Waals surface area contributed by atoms with Crippen LogP contribution in [0, 0.1) is 0 Å². The summed E-state index contributed by atoms with van der Waals surface area (Å²) in [5, 5.41) is 9.76. The van der Waals surface area contributed by atoms with E-state index in [2.05, 4.69) is 64.0 Å². The molecule has 3 N–H and O–H groups in total. The number of nitrogens with zero attached hydrogens (tertiary/aromatic N) is 2. The summed E-state index contributed by atoms with van der Waals surface area (Å²) in [6.45, 7) is 9.44. The molecule has 26 heavy (non-hydrogen) atoms. The van der Waals surface area contributed by atoms with Crippen LogP contribution in [0.1, 0.15) is 40.0 Å². The zero-order chi connectivity index (χ0) is 18.8. The van der Waals surface area contributed by atoms with E-state index in [-0.39, 0.29) is 11.9 Å². The van der Waals surface area contributed by atoms with Crippen LogP contribution in [-0.2, 0) is 4.79 Å². The Balaban J connectivity index is 1.81. The van der Waals surface area contributed by atoms with Crippen LogP contribution < -0.4 is 20.9 Å². The van der Waals surface area contributed by atoms with Crippen molar-refractivity contribution in [3.63, 3.8) is 0 Å². The van der Waals surface area contributed by atoms with Gasteiger partial charge in [-0.15, -0.1) is 0 Å². The number of benzene rings is 1. The van der Waals surface area contributed by atoms with E-state index in [0.29, 0.717) is 19.0 Å². The molecule has 1 aromatic carbocycles. The first-order valence-corrected chi connectivity index (χ1v) is 9.76. The molecule has 6 heteroatoms. The van der Waals surface area contributed by atoms with Crippen molar-refractivity contribution in [2.45, 2.75) is 52.1 Å². The Morgan fingerprint density at radius 1 is 1.31 bits per heavy atom. The molecule has 0 spiro atoms. The van der Waals surface area contributed by atoms with Crippen molar-refractivity contribution in [3.05, 3.63) is 30.3 Å². The minimum atomic E-state index is 0.0649. The normalized spacial score (nSPS) is 18.5. The molecule has 1 heterocycles. The van der Waals surface area contributed by atoms with Gasteiger partial charge in [-0.3, -0.25) is 9.79 Å². The molecule has 1 aliphatic rings. The van der Waals surface area contributed by atoms with Crippen LogP contribution in [0.4, 0.5) is 5.69 Å². The van der Waals surface area contributed by atoms with Crippen LogP contribution >= 0.6 is 0 Å². The number of rotatable bonds is 8. The highest BCUT2D eigenvalue weighted by Crippen LogP contribution is 2.19. The third kappa shape index (κ3) is 6.58. The van der Waals surface area contributed by atoms with E-state index in [1.807, 2.05) is 13.0 Å². The number of aliphatic imine (C=N–C) groups is 1. The van der Waals surface area contributed by atoms with Gasteiger partial charge in [0, 0.05) is 43.8 Å². The van der Waals surface area contributed by atoms with E-state index in [9.17, 15) is 4.79 Å². The molecule has 2 rings (SSSR count). The number of guanidine groups is 1. The fourth-order valence-corrected chi connectivity index (χ4v) is 2.98. The van der Waals surface area contributed by atoms with E-state index >= 15 is 0 Å². The first-order valence-electron chi connectivity index (χ1n) is 9.76. The average Bonchev–Trinajstić information content (AvgIpc) is 3.11. The van der Waals surface area contributed by atoms with E-state index in [0.717, 1.165) is 38.4 Å². The van der Waals surface area contributed by atoms with E-state index in [4.69, 9.17) is 0 Å². The molecular weight excluding hydrogens is 326 g/mol. The summed E-state index contributed by atoms with van der Waals surface area (Å²) in [6.07, 6.45) is 2.44. The maximum Gasteiger partial charge on any atom is 0.222 e. The molecule has 1 fully saturated rings. The minimum Gasteiger partial charge on any atom is -0.369 e. The molecule has 0 saturated carbocycles. The second-order valence-electron chi connectivity index (χ2n) is 6.80. The van der Waals surface area contributed by atoms with Crippen molar-refractivity contribution in [2.24, 2.45) is 4.99 Å². The molecule has 1 aliphatic heterocycles. The maximum atomic E-state index is 11.9.